The highest BCUT2D eigenvalue weighted by Crippen LogP contribution is 2.24. The van der Waals surface area contributed by atoms with Gasteiger partial charge in [-0.15, -0.1) is 6.58 Å². The minimum atomic E-state index is -0.474. The molecular weight excluding hydrogens is 324 g/mol. The van der Waals surface area contributed by atoms with Crippen molar-refractivity contribution >= 4 is 40.2 Å². The van der Waals surface area contributed by atoms with E-state index in [0.29, 0.717) is 27.6 Å². The molecule has 1 aromatic heterocycles. The van der Waals surface area contributed by atoms with Gasteiger partial charge in [-0.05, 0) is 25.1 Å². The van der Waals surface area contributed by atoms with Gasteiger partial charge in [0.1, 0.15) is 5.25 Å². The molecule has 0 saturated carbocycles. The number of allylic oxidation sites excluding steroid dienone is 1. The maximum Gasteiger partial charge on any atom is 0.318 e. The monoisotopic (exact) mass is 338 g/mol. The van der Waals surface area contributed by atoms with Gasteiger partial charge in [-0.25, -0.2) is 4.98 Å². The van der Waals surface area contributed by atoms with Crippen LogP contribution in [-0.2, 0) is 16.1 Å². The zero-order valence-corrected chi connectivity index (χ0v) is 13.8. The average Bonchev–Trinajstić information content (AvgIpc) is 2.51. The Hall–Kier alpha value is -1.79. The molecular formula is C15H15ClN2O3S. The molecule has 5 nitrogen and oxygen atoms in total. The maximum absolute atomic E-state index is 12.6. The Balaban J connectivity index is 2.59. The zero-order valence-electron chi connectivity index (χ0n) is 12.2. The molecule has 1 heterocycles. The molecule has 0 bridgehead atoms. The van der Waals surface area contributed by atoms with Crippen molar-refractivity contribution in [1.29, 1.82) is 0 Å². The summed E-state index contributed by atoms with van der Waals surface area (Å²) in [6.07, 6.45) is 1.60. The molecule has 0 fully saturated rings. The second-order valence-corrected chi connectivity index (χ2v) is 6.29. The van der Waals surface area contributed by atoms with Gasteiger partial charge < -0.3 is 4.74 Å². The van der Waals surface area contributed by atoms with E-state index >= 15 is 0 Å². The van der Waals surface area contributed by atoms with Crippen molar-refractivity contribution in [2.24, 2.45) is 0 Å². The molecule has 2 aromatic rings. The van der Waals surface area contributed by atoms with Gasteiger partial charge in [-0.2, -0.15) is 0 Å². The Morgan fingerprint density at radius 3 is 2.95 bits per heavy atom. The van der Waals surface area contributed by atoms with Crippen LogP contribution in [0.3, 0.4) is 0 Å². The first-order chi connectivity index (χ1) is 10.5. The number of fused-ring (bicyclic) bond motifs is 1. The van der Waals surface area contributed by atoms with E-state index in [1.165, 1.54) is 23.4 Å². The molecule has 0 aliphatic carbocycles. The predicted molar refractivity (Wildman–Crippen MR) is 88.5 cm³/mol. The minimum Gasteiger partial charge on any atom is -0.468 e. The van der Waals surface area contributed by atoms with Crippen LogP contribution in [-0.4, -0.2) is 27.9 Å². The van der Waals surface area contributed by atoms with E-state index in [4.69, 9.17) is 16.3 Å². The summed E-state index contributed by atoms with van der Waals surface area (Å²) >= 11 is 7.11. The van der Waals surface area contributed by atoms with Gasteiger partial charge >= 0.3 is 5.97 Å². The molecule has 0 aliphatic rings. The summed E-state index contributed by atoms with van der Waals surface area (Å²) in [5.74, 6) is -0.374. The normalized spacial score (nSPS) is 12.1. The molecule has 1 atom stereocenters. The third-order valence-electron chi connectivity index (χ3n) is 3.01. The molecule has 0 unspecified atom stereocenters. The van der Waals surface area contributed by atoms with E-state index in [1.54, 1.807) is 31.2 Å². The number of rotatable bonds is 5. The van der Waals surface area contributed by atoms with Crippen molar-refractivity contribution < 1.29 is 9.53 Å². The first-order valence-corrected chi connectivity index (χ1v) is 7.79. The number of hydrogen-bond acceptors (Lipinski definition) is 5. The second-order valence-electron chi connectivity index (χ2n) is 4.54. The quantitative estimate of drug-likeness (QED) is 0.363. The van der Waals surface area contributed by atoms with Gasteiger partial charge in [0, 0.05) is 11.6 Å². The lowest BCUT2D eigenvalue weighted by molar-refractivity contribution is -0.139. The lowest BCUT2D eigenvalue weighted by atomic mass is 10.2. The predicted octanol–water partition coefficient (Wildman–Crippen LogP) is 2.89. The van der Waals surface area contributed by atoms with Crippen LogP contribution >= 0.6 is 23.4 Å². The number of carbonyl (C=O) groups is 1. The number of aromatic nitrogens is 2. The third kappa shape index (κ3) is 3.34. The zero-order chi connectivity index (χ0) is 16.3. The van der Waals surface area contributed by atoms with E-state index < -0.39 is 5.25 Å². The van der Waals surface area contributed by atoms with Crippen LogP contribution < -0.4 is 5.56 Å². The molecule has 116 valence electrons. The number of esters is 1. The van der Waals surface area contributed by atoms with Gasteiger partial charge in [0.25, 0.3) is 5.56 Å². The van der Waals surface area contributed by atoms with Crippen LogP contribution in [0.5, 0.6) is 0 Å². The number of nitrogens with zero attached hydrogens (tertiary/aromatic N) is 2. The second kappa shape index (κ2) is 6.98. The van der Waals surface area contributed by atoms with Gasteiger partial charge in [0.05, 0.1) is 18.0 Å². The first kappa shape index (κ1) is 16.6. The SMILES string of the molecule is C=CCn1c(S[C@H](C)C(=O)OC)nc2ccc(Cl)cc2c1=O. The number of thioether (sulfide) groups is 1. The molecule has 22 heavy (non-hydrogen) atoms. The van der Waals surface area contributed by atoms with Crippen molar-refractivity contribution in [1.82, 2.24) is 9.55 Å². The highest BCUT2D eigenvalue weighted by atomic mass is 35.5. The average molecular weight is 339 g/mol. The van der Waals surface area contributed by atoms with Crippen molar-refractivity contribution in [3.63, 3.8) is 0 Å². The molecule has 7 heteroatoms. The Morgan fingerprint density at radius 2 is 2.32 bits per heavy atom. The van der Waals surface area contributed by atoms with Crippen molar-refractivity contribution in [3.05, 3.63) is 46.2 Å². The van der Waals surface area contributed by atoms with Crippen LogP contribution in [0.4, 0.5) is 0 Å². The summed E-state index contributed by atoms with van der Waals surface area (Å²) in [7, 11) is 1.33. The Bertz CT molecular complexity index is 788. The van der Waals surface area contributed by atoms with Crippen LogP contribution in [0.2, 0.25) is 5.02 Å². The molecule has 0 radical (unpaired) electrons. The van der Waals surface area contributed by atoms with Gasteiger partial charge in [-0.1, -0.05) is 29.4 Å². The van der Waals surface area contributed by atoms with E-state index in [9.17, 15) is 9.59 Å². The van der Waals surface area contributed by atoms with Crippen LogP contribution in [0, 0.1) is 0 Å². The number of methoxy groups -OCH3 is 1. The third-order valence-corrected chi connectivity index (χ3v) is 4.31. The first-order valence-electron chi connectivity index (χ1n) is 6.53. The fourth-order valence-corrected chi connectivity index (χ4v) is 3.04. The fraction of sp³-hybridized carbons (Fsp3) is 0.267. The smallest absolute Gasteiger partial charge is 0.318 e. The van der Waals surface area contributed by atoms with Crippen LogP contribution in [0.15, 0.2) is 40.8 Å². The molecule has 1 aromatic carbocycles. The van der Waals surface area contributed by atoms with Crippen LogP contribution in [0.1, 0.15) is 6.92 Å². The highest BCUT2D eigenvalue weighted by Gasteiger charge is 2.19. The Kier molecular flexibility index (Phi) is 5.26. The summed E-state index contributed by atoms with van der Waals surface area (Å²) in [6, 6.07) is 4.94. The molecule has 0 N–H and O–H groups in total. The van der Waals surface area contributed by atoms with Crippen LogP contribution in [0.25, 0.3) is 10.9 Å². The summed E-state index contributed by atoms with van der Waals surface area (Å²) in [4.78, 5) is 28.6. The van der Waals surface area contributed by atoms with E-state index in [1.807, 2.05) is 0 Å². The molecule has 0 saturated heterocycles. The number of benzene rings is 1. The van der Waals surface area contributed by atoms with Gasteiger partial charge in [0.15, 0.2) is 5.16 Å². The van der Waals surface area contributed by atoms with Crippen molar-refractivity contribution in [3.8, 4) is 0 Å². The highest BCUT2D eigenvalue weighted by molar-refractivity contribution is 8.00. The van der Waals surface area contributed by atoms with Gasteiger partial charge in [0.2, 0.25) is 0 Å². The standard InChI is InChI=1S/C15H15ClN2O3S/c1-4-7-18-13(19)11-8-10(16)5-6-12(11)17-15(18)22-9(2)14(20)21-3/h4-6,8-9H,1,7H2,2-3H3/t9-/m1/s1. The summed E-state index contributed by atoms with van der Waals surface area (Å²) in [5.41, 5.74) is 0.321. The van der Waals surface area contributed by atoms with E-state index in [0.717, 1.165) is 0 Å². The number of halogens is 1. The van der Waals surface area contributed by atoms with E-state index in [2.05, 4.69) is 11.6 Å². The minimum absolute atomic E-state index is 0.216. The lowest BCUT2D eigenvalue weighted by Gasteiger charge is -2.14. The molecule has 0 spiro atoms. The summed E-state index contributed by atoms with van der Waals surface area (Å²) < 4.78 is 6.17. The summed E-state index contributed by atoms with van der Waals surface area (Å²) in [6.45, 7) is 5.65. The maximum atomic E-state index is 12.6. The number of ether oxygens (including phenoxy) is 1. The summed E-state index contributed by atoms with van der Waals surface area (Å²) in [5, 5.41) is 0.875. The molecule has 0 aliphatic heterocycles. The van der Waals surface area contributed by atoms with E-state index in [-0.39, 0.29) is 11.5 Å². The number of carbonyl (C=O) groups excluding carboxylic acids is 1. The Labute approximate surface area is 136 Å². The van der Waals surface area contributed by atoms with Crippen molar-refractivity contribution in [2.75, 3.05) is 7.11 Å². The Morgan fingerprint density at radius 1 is 1.59 bits per heavy atom. The molecule has 2 rings (SSSR count). The topological polar surface area (TPSA) is 61.2 Å². The number of hydrogen-bond donors (Lipinski definition) is 0. The lowest BCUT2D eigenvalue weighted by Crippen LogP contribution is -2.24. The van der Waals surface area contributed by atoms with Gasteiger partial charge in [-0.3, -0.25) is 14.2 Å². The molecule has 0 amide bonds. The van der Waals surface area contributed by atoms with Crippen molar-refractivity contribution in [2.45, 2.75) is 23.9 Å². The largest absolute Gasteiger partial charge is 0.468 e. The fourth-order valence-electron chi connectivity index (χ4n) is 1.92.